The summed E-state index contributed by atoms with van der Waals surface area (Å²) in [5.41, 5.74) is 6.36. The third-order valence-electron chi connectivity index (χ3n) is 21.6. The average Bonchev–Trinajstić information content (AvgIpc) is 1.48. The SMILES string of the molecule is CCCCc1ccc(CC(NC(=O)C(C)C(OC)C2CCCN2C(=O)CC(OC)C(CC(C)C(C)C(=O)C(NC(=O)C(C(C)C)N(C)CCCC(=O)NNC(=O)CCCCCN2C(=O)C3C(C)(CC)C3(CC)C2=O)C(C)C)C(C)CC)C(=O)N2CCOCC2)cc1. The Balaban J connectivity index is 1.11. The Hall–Kier alpha value is -5.31. The minimum Gasteiger partial charge on any atom is -0.381 e. The molecule has 3 saturated heterocycles. The Morgan fingerprint density at radius 1 is 0.736 bits per heavy atom. The number of carbonyl (C=O) groups excluding carboxylic acids is 9. The van der Waals surface area contributed by atoms with E-state index in [1.54, 1.807) is 19.1 Å². The molecule has 4 N–H and O–H groups in total. The van der Waals surface area contributed by atoms with E-state index >= 15 is 0 Å². The molecule has 4 fully saturated rings. The Labute approximate surface area is 545 Å². The van der Waals surface area contributed by atoms with Crippen molar-refractivity contribution in [3.63, 3.8) is 0 Å². The number of methoxy groups -OCH3 is 2. The normalized spacial score (nSPS) is 23.2. The highest BCUT2D eigenvalue weighted by atomic mass is 16.5. The van der Waals surface area contributed by atoms with Gasteiger partial charge in [-0.3, -0.25) is 63.8 Å². The number of amides is 8. The summed E-state index contributed by atoms with van der Waals surface area (Å²) < 4.78 is 17.9. The number of nitrogens with zero attached hydrogens (tertiary/aromatic N) is 4. The first-order valence-electron chi connectivity index (χ1n) is 34.8. The first kappa shape index (κ1) is 76.4. The number of rotatable bonds is 39. The third kappa shape index (κ3) is 19.0. The topological polar surface area (TPSA) is 242 Å². The van der Waals surface area contributed by atoms with E-state index in [2.05, 4.69) is 61.3 Å². The zero-order chi connectivity index (χ0) is 67.5. The quantitative estimate of drug-likeness (QED) is 0.0276. The predicted octanol–water partition coefficient (Wildman–Crippen LogP) is 8.25. The van der Waals surface area contributed by atoms with Crippen LogP contribution < -0.4 is 21.5 Å². The number of nitrogens with one attached hydrogen (secondary N) is 4. The van der Waals surface area contributed by atoms with Gasteiger partial charge >= 0.3 is 0 Å². The maximum Gasteiger partial charge on any atom is 0.245 e. The number of benzene rings is 1. The minimum atomic E-state index is -0.798. The van der Waals surface area contributed by atoms with Crippen LogP contribution in [0.4, 0.5) is 0 Å². The number of Topliss-reactive ketones (excluding diaryl/α,β-unsaturated/α-hetero) is 1. The molecule has 1 aliphatic carbocycles. The van der Waals surface area contributed by atoms with Gasteiger partial charge in [-0.25, -0.2) is 0 Å². The molecule has 91 heavy (non-hydrogen) atoms. The van der Waals surface area contributed by atoms with Crippen LogP contribution >= 0.6 is 0 Å². The molecule has 3 aliphatic heterocycles. The number of likely N-dealkylation sites (N-methyl/N-ethyl adjacent to an activating group) is 1. The van der Waals surface area contributed by atoms with Crippen LogP contribution in [0, 0.1) is 58.2 Å². The number of carbonyl (C=O) groups is 9. The number of ether oxygens (including phenoxy) is 3. The lowest BCUT2D eigenvalue weighted by Gasteiger charge is -2.38. The van der Waals surface area contributed by atoms with Crippen molar-refractivity contribution in [3.8, 4) is 0 Å². The first-order valence-corrected chi connectivity index (χ1v) is 34.8. The van der Waals surface area contributed by atoms with Gasteiger partial charge in [-0.2, -0.15) is 0 Å². The second-order valence-corrected chi connectivity index (χ2v) is 28.1. The van der Waals surface area contributed by atoms with Gasteiger partial charge in [0.2, 0.25) is 47.3 Å². The van der Waals surface area contributed by atoms with Crippen LogP contribution in [0.25, 0.3) is 0 Å². The molecule has 5 rings (SSSR count). The van der Waals surface area contributed by atoms with Crippen molar-refractivity contribution in [1.29, 1.82) is 0 Å². The lowest BCUT2D eigenvalue weighted by molar-refractivity contribution is -0.146. The van der Waals surface area contributed by atoms with Crippen LogP contribution in [0.15, 0.2) is 24.3 Å². The van der Waals surface area contributed by atoms with E-state index in [1.165, 1.54) is 10.5 Å². The molecule has 0 bridgehead atoms. The number of aryl methyl sites for hydroxylation is 1. The summed E-state index contributed by atoms with van der Waals surface area (Å²) in [5.74, 6) is -3.51. The summed E-state index contributed by atoms with van der Waals surface area (Å²) in [4.78, 5) is 131. The molecule has 3 heterocycles. The molecule has 514 valence electrons. The van der Waals surface area contributed by atoms with E-state index < -0.39 is 47.6 Å². The van der Waals surface area contributed by atoms with Crippen LogP contribution in [0.1, 0.15) is 197 Å². The molecule has 8 amide bonds. The second-order valence-electron chi connectivity index (χ2n) is 28.1. The van der Waals surface area contributed by atoms with Crippen LogP contribution in [-0.2, 0) is 70.2 Å². The summed E-state index contributed by atoms with van der Waals surface area (Å²) in [6.07, 6.45) is 9.27. The molecular weight excluding hydrogens is 1160 g/mol. The number of morpholine rings is 1. The monoisotopic (exact) mass is 1270 g/mol. The van der Waals surface area contributed by atoms with Crippen LogP contribution in [0.5, 0.6) is 0 Å². The maximum atomic E-state index is 14.7. The molecule has 20 heteroatoms. The van der Waals surface area contributed by atoms with Crippen molar-refractivity contribution in [3.05, 3.63) is 35.4 Å². The Kier molecular flexibility index (Phi) is 30.1. The molecule has 1 saturated carbocycles. The standard InChI is InChI=1S/C71H118N8O12/c1-17-21-27-51-31-33-52(34-32-51)43-54(67(86)77-38-40-91-41-39-77)72-65(84)50(12)63(90-16)55-28-25-37-78(55)59(82)44-56(89-15)53(47(9)18-2)42-48(10)49(11)62(83)60(45(5)6)73-66(85)61(46(7)8)76(14)35-26-30-58(81)75-74-57(80)29-23-22-24-36-79-68(87)64-70(13,19-3)71(64,20-4)69(79)88/h31-34,45-50,53-56,60-61,63-64H,17-30,35-44H2,1-16H3,(H,72,84)(H,73,85)(H,74,80)(H,75,81). The van der Waals surface area contributed by atoms with Gasteiger partial charge in [0.15, 0.2) is 5.78 Å². The number of hydrogen-bond acceptors (Lipinski definition) is 13. The highest BCUT2D eigenvalue weighted by molar-refractivity contribution is 6.13. The van der Waals surface area contributed by atoms with E-state index in [4.69, 9.17) is 14.2 Å². The number of hydrogen-bond donors (Lipinski definition) is 4. The lowest BCUT2D eigenvalue weighted by Crippen LogP contribution is -2.56. The van der Waals surface area contributed by atoms with Gasteiger partial charge in [0.1, 0.15) is 6.04 Å². The van der Waals surface area contributed by atoms with E-state index in [-0.39, 0.29) is 119 Å². The number of hydrazine groups is 1. The maximum absolute atomic E-state index is 14.7. The fraction of sp³-hybridized carbons (Fsp3) is 0.789. The van der Waals surface area contributed by atoms with Crippen molar-refractivity contribution < 1.29 is 57.4 Å². The van der Waals surface area contributed by atoms with Crippen molar-refractivity contribution >= 4 is 53.0 Å². The van der Waals surface area contributed by atoms with Crippen LogP contribution in [-0.4, -0.2) is 176 Å². The Morgan fingerprint density at radius 3 is 1.93 bits per heavy atom. The van der Waals surface area contributed by atoms with Gasteiger partial charge in [0, 0.05) is 65.6 Å². The van der Waals surface area contributed by atoms with Crippen molar-refractivity contribution in [1.82, 2.24) is 41.1 Å². The largest absolute Gasteiger partial charge is 0.381 e. The van der Waals surface area contributed by atoms with E-state index in [9.17, 15) is 43.2 Å². The third-order valence-corrected chi connectivity index (χ3v) is 21.6. The fourth-order valence-corrected chi connectivity index (χ4v) is 15.2. The molecule has 4 aliphatic rings. The zero-order valence-corrected chi connectivity index (χ0v) is 58.6. The summed E-state index contributed by atoms with van der Waals surface area (Å²) in [6.45, 7) is 29.1. The van der Waals surface area contributed by atoms with Crippen molar-refractivity contribution in [2.45, 2.75) is 236 Å². The van der Waals surface area contributed by atoms with E-state index in [0.29, 0.717) is 97.3 Å². The minimum absolute atomic E-state index is 0.0509. The second kappa shape index (κ2) is 35.8. The van der Waals surface area contributed by atoms with Gasteiger partial charge in [-0.15, -0.1) is 0 Å². The number of ketones is 1. The molecule has 0 spiro atoms. The molecule has 1 aromatic carbocycles. The van der Waals surface area contributed by atoms with Gasteiger partial charge in [-0.05, 0) is 124 Å². The molecule has 0 aromatic heterocycles. The Morgan fingerprint density at radius 2 is 1.37 bits per heavy atom. The highest BCUT2D eigenvalue weighted by Crippen LogP contribution is 2.76. The van der Waals surface area contributed by atoms with E-state index in [0.717, 1.165) is 44.1 Å². The van der Waals surface area contributed by atoms with Gasteiger partial charge in [-0.1, -0.05) is 134 Å². The number of fused-ring (bicyclic) bond motifs is 1. The molecular formula is C71H118N8O12. The molecule has 1 aromatic rings. The van der Waals surface area contributed by atoms with Gasteiger partial charge < -0.3 is 34.6 Å². The average molecular weight is 1280 g/mol. The molecule has 0 radical (unpaired) electrons. The zero-order valence-electron chi connectivity index (χ0n) is 58.6. The number of unbranched alkanes of at least 4 members (excludes halogenated alkanes) is 3. The molecule has 14 atom stereocenters. The Bertz CT molecular complexity index is 2580. The van der Waals surface area contributed by atoms with Gasteiger partial charge in [0.05, 0.1) is 67.2 Å². The number of likely N-dealkylation sites (tertiary alicyclic amines) is 2. The summed E-state index contributed by atoms with van der Waals surface area (Å²) >= 11 is 0. The fourth-order valence-electron chi connectivity index (χ4n) is 15.2. The van der Waals surface area contributed by atoms with Crippen molar-refractivity contribution in [2.24, 2.45) is 58.2 Å². The number of piperidine rings is 1. The highest BCUT2D eigenvalue weighted by Gasteiger charge is 2.83. The smallest absolute Gasteiger partial charge is 0.245 e. The predicted molar refractivity (Wildman–Crippen MR) is 352 cm³/mol. The van der Waals surface area contributed by atoms with E-state index in [1.807, 2.05) is 91.3 Å². The number of imide groups is 1. The summed E-state index contributed by atoms with van der Waals surface area (Å²) in [5, 5.41) is 6.26. The summed E-state index contributed by atoms with van der Waals surface area (Å²) in [7, 11) is 5.04. The van der Waals surface area contributed by atoms with Gasteiger partial charge in [0.25, 0.3) is 0 Å². The first-order chi connectivity index (χ1) is 43.2. The summed E-state index contributed by atoms with van der Waals surface area (Å²) in [6, 6.07) is 5.75. The molecule has 14 unspecified atom stereocenters. The van der Waals surface area contributed by atoms with Crippen LogP contribution in [0.3, 0.4) is 0 Å². The lowest BCUT2D eigenvalue weighted by atomic mass is 9.74. The molecule has 20 nitrogen and oxygen atoms in total. The van der Waals surface area contributed by atoms with Crippen LogP contribution in [0.2, 0.25) is 0 Å². The van der Waals surface area contributed by atoms with Crippen molar-refractivity contribution in [2.75, 3.05) is 67.2 Å².